The van der Waals surface area contributed by atoms with Gasteiger partial charge < -0.3 is 18.9 Å². The molecule has 0 amide bonds. The lowest BCUT2D eigenvalue weighted by Gasteiger charge is -2.18. The Balaban J connectivity index is 1.86. The second-order valence-electron chi connectivity index (χ2n) is 9.29. The zero-order chi connectivity index (χ0) is 25.4. The monoisotopic (exact) mass is 532 g/mol. The van der Waals surface area contributed by atoms with Crippen LogP contribution in [0.1, 0.15) is 110 Å². The maximum atomic E-state index is 9.96. The zero-order valence-corrected chi connectivity index (χ0v) is 23.9. The summed E-state index contributed by atoms with van der Waals surface area (Å²) in [5, 5.41) is 0.433. The second kappa shape index (κ2) is 23.9. The SMILES string of the molecule is CCCCCCCCCCCCCCCCCCOCC(COP(O)Oc1ccccc1Cl)OC. The number of halogens is 1. The highest BCUT2D eigenvalue weighted by atomic mass is 35.5. The number of hydrogen-bond donors (Lipinski definition) is 1. The smallest absolute Gasteiger partial charge is 0.394 e. The molecule has 5 nitrogen and oxygen atoms in total. The molecule has 35 heavy (non-hydrogen) atoms. The van der Waals surface area contributed by atoms with Gasteiger partial charge in [0.05, 0.1) is 18.2 Å². The predicted molar refractivity (Wildman–Crippen MR) is 148 cm³/mol. The fourth-order valence-electron chi connectivity index (χ4n) is 3.93. The molecule has 2 atom stereocenters. The third kappa shape index (κ3) is 19.4. The molecule has 0 saturated heterocycles. The summed E-state index contributed by atoms with van der Waals surface area (Å²) in [6.07, 6.45) is 21.5. The Labute approximate surface area is 221 Å². The first-order chi connectivity index (χ1) is 17.2. The number of hydrogen-bond acceptors (Lipinski definition) is 5. The minimum atomic E-state index is -2.07. The number of methoxy groups -OCH3 is 1. The van der Waals surface area contributed by atoms with E-state index in [1.807, 2.05) is 0 Å². The van der Waals surface area contributed by atoms with Crippen LogP contribution in [0.4, 0.5) is 0 Å². The molecule has 0 aliphatic heterocycles. The number of para-hydroxylation sites is 1. The molecular formula is C28H50ClO5P. The van der Waals surface area contributed by atoms with Gasteiger partial charge in [-0.3, -0.25) is 4.52 Å². The summed E-state index contributed by atoms with van der Waals surface area (Å²) in [7, 11) is -0.460. The van der Waals surface area contributed by atoms with E-state index in [1.54, 1.807) is 31.4 Å². The fourth-order valence-corrected chi connectivity index (χ4v) is 4.83. The molecule has 0 fully saturated rings. The molecular weight excluding hydrogens is 483 g/mol. The number of ether oxygens (including phenoxy) is 2. The molecule has 0 saturated carbocycles. The minimum Gasteiger partial charge on any atom is -0.425 e. The van der Waals surface area contributed by atoms with Gasteiger partial charge in [0.15, 0.2) is 0 Å². The van der Waals surface area contributed by atoms with Crippen LogP contribution >= 0.6 is 20.2 Å². The van der Waals surface area contributed by atoms with Crippen LogP contribution in [0, 0.1) is 0 Å². The van der Waals surface area contributed by atoms with E-state index >= 15 is 0 Å². The summed E-state index contributed by atoms with van der Waals surface area (Å²) < 4.78 is 21.8. The van der Waals surface area contributed by atoms with Crippen LogP contribution in [0.5, 0.6) is 5.75 Å². The topological polar surface area (TPSA) is 57.2 Å². The average molecular weight is 533 g/mol. The van der Waals surface area contributed by atoms with Crippen LogP contribution in [0.3, 0.4) is 0 Å². The van der Waals surface area contributed by atoms with E-state index in [9.17, 15) is 4.89 Å². The highest BCUT2D eigenvalue weighted by Gasteiger charge is 2.16. The second-order valence-corrected chi connectivity index (χ2v) is 10.6. The van der Waals surface area contributed by atoms with Crippen molar-refractivity contribution in [1.82, 2.24) is 0 Å². The van der Waals surface area contributed by atoms with Crippen LogP contribution in [-0.2, 0) is 14.0 Å². The Morgan fingerprint density at radius 1 is 0.771 bits per heavy atom. The standard InChI is InChI=1S/C28H50ClO5P/c1-3-4-5-6-7-8-9-10-11-12-13-14-15-16-17-20-23-32-24-26(31-2)25-33-35(30)34-28-22-19-18-21-27(28)29/h18-19,21-22,26,30H,3-17,20,23-25H2,1-2H3. The lowest BCUT2D eigenvalue weighted by atomic mass is 10.0. The third-order valence-corrected chi connectivity index (χ3v) is 7.20. The Bertz CT molecular complexity index is 592. The summed E-state index contributed by atoms with van der Waals surface area (Å²) >= 11 is 6.02. The molecule has 7 heteroatoms. The van der Waals surface area contributed by atoms with E-state index in [0.717, 1.165) is 13.0 Å². The van der Waals surface area contributed by atoms with Crippen molar-refractivity contribution in [2.45, 2.75) is 116 Å². The maximum absolute atomic E-state index is 9.96. The summed E-state index contributed by atoms with van der Waals surface area (Å²) in [5.74, 6) is 0.400. The van der Waals surface area contributed by atoms with Gasteiger partial charge in [0.25, 0.3) is 0 Å². The van der Waals surface area contributed by atoms with Crippen molar-refractivity contribution in [3.05, 3.63) is 29.3 Å². The lowest BCUT2D eigenvalue weighted by molar-refractivity contribution is -0.0167. The van der Waals surface area contributed by atoms with Crippen LogP contribution < -0.4 is 4.52 Å². The third-order valence-electron chi connectivity index (χ3n) is 6.16. The predicted octanol–water partition coefficient (Wildman–Crippen LogP) is 9.25. The molecule has 1 N–H and O–H groups in total. The maximum Gasteiger partial charge on any atom is 0.394 e. The number of rotatable bonds is 25. The van der Waals surface area contributed by atoms with Crippen molar-refractivity contribution in [2.24, 2.45) is 0 Å². The van der Waals surface area contributed by atoms with Crippen LogP contribution in [-0.4, -0.2) is 37.9 Å². The molecule has 0 bridgehead atoms. The summed E-state index contributed by atoms with van der Waals surface area (Å²) in [5.41, 5.74) is 0. The molecule has 0 aromatic heterocycles. The van der Waals surface area contributed by atoms with Gasteiger partial charge in [0.2, 0.25) is 0 Å². The number of unbranched alkanes of at least 4 members (excludes halogenated alkanes) is 15. The molecule has 0 radical (unpaired) electrons. The highest BCUT2D eigenvalue weighted by molar-refractivity contribution is 7.41. The first kappa shape index (κ1) is 32.6. The largest absolute Gasteiger partial charge is 0.425 e. The first-order valence-electron chi connectivity index (χ1n) is 13.8. The van der Waals surface area contributed by atoms with Crippen molar-refractivity contribution >= 4 is 20.2 Å². The highest BCUT2D eigenvalue weighted by Crippen LogP contribution is 2.38. The van der Waals surface area contributed by atoms with Crippen LogP contribution in [0.15, 0.2) is 24.3 Å². The molecule has 0 spiro atoms. The van der Waals surface area contributed by atoms with E-state index in [2.05, 4.69) is 6.92 Å². The summed E-state index contributed by atoms with van der Waals surface area (Å²) in [4.78, 5) is 9.96. The Morgan fingerprint density at radius 3 is 1.80 bits per heavy atom. The Kier molecular flexibility index (Phi) is 22.3. The molecule has 204 valence electrons. The van der Waals surface area contributed by atoms with Gasteiger partial charge in [-0.25, -0.2) is 0 Å². The van der Waals surface area contributed by atoms with E-state index in [0.29, 0.717) is 17.4 Å². The molecule has 0 aliphatic rings. The van der Waals surface area contributed by atoms with Crippen molar-refractivity contribution < 1.29 is 23.4 Å². The fraction of sp³-hybridized carbons (Fsp3) is 0.786. The van der Waals surface area contributed by atoms with Crippen molar-refractivity contribution in [3.8, 4) is 5.75 Å². The van der Waals surface area contributed by atoms with E-state index < -0.39 is 8.60 Å². The Morgan fingerprint density at radius 2 is 1.29 bits per heavy atom. The van der Waals surface area contributed by atoms with Crippen molar-refractivity contribution in [3.63, 3.8) is 0 Å². The molecule has 0 heterocycles. The van der Waals surface area contributed by atoms with E-state index in [4.69, 9.17) is 30.1 Å². The van der Waals surface area contributed by atoms with Crippen molar-refractivity contribution in [1.29, 1.82) is 0 Å². The number of benzene rings is 1. The molecule has 2 unspecified atom stereocenters. The van der Waals surface area contributed by atoms with Crippen LogP contribution in [0.25, 0.3) is 0 Å². The molecule has 1 aromatic carbocycles. The molecule has 1 aromatic rings. The van der Waals surface area contributed by atoms with Gasteiger partial charge in [-0.15, -0.1) is 0 Å². The van der Waals surface area contributed by atoms with Gasteiger partial charge >= 0.3 is 8.60 Å². The summed E-state index contributed by atoms with van der Waals surface area (Å²) in [6, 6.07) is 6.97. The van der Waals surface area contributed by atoms with E-state index in [1.165, 1.54) is 96.3 Å². The minimum absolute atomic E-state index is 0.197. The van der Waals surface area contributed by atoms with Gasteiger partial charge in [-0.05, 0) is 18.6 Å². The normalized spacial score (nSPS) is 13.1. The average Bonchev–Trinajstić information content (AvgIpc) is 2.86. The Hall–Kier alpha value is -0.420. The zero-order valence-electron chi connectivity index (χ0n) is 22.2. The first-order valence-corrected chi connectivity index (χ1v) is 15.3. The molecule has 1 rings (SSSR count). The quantitative estimate of drug-likeness (QED) is 0.100. The van der Waals surface area contributed by atoms with Gasteiger partial charge in [-0.1, -0.05) is 127 Å². The molecule has 0 aliphatic carbocycles. The van der Waals surface area contributed by atoms with Gasteiger partial charge in [0.1, 0.15) is 11.9 Å². The lowest BCUT2D eigenvalue weighted by Crippen LogP contribution is -2.24. The summed E-state index contributed by atoms with van der Waals surface area (Å²) in [6.45, 7) is 3.64. The van der Waals surface area contributed by atoms with Gasteiger partial charge in [-0.2, -0.15) is 0 Å². The van der Waals surface area contributed by atoms with Gasteiger partial charge in [0, 0.05) is 13.7 Å². The van der Waals surface area contributed by atoms with E-state index in [-0.39, 0.29) is 12.7 Å². The van der Waals surface area contributed by atoms with Crippen molar-refractivity contribution in [2.75, 3.05) is 26.9 Å². The van der Waals surface area contributed by atoms with Crippen LogP contribution in [0.2, 0.25) is 5.02 Å².